The molecule has 6 nitrogen and oxygen atoms in total. The highest BCUT2D eigenvalue weighted by atomic mass is 32.1. The number of aliphatic hydroxyl groups is 1. The summed E-state index contributed by atoms with van der Waals surface area (Å²) in [7, 11) is 0. The van der Waals surface area contributed by atoms with Crippen LogP contribution in [0.1, 0.15) is 33.3 Å². The lowest BCUT2D eigenvalue weighted by Crippen LogP contribution is -2.34. The Labute approximate surface area is 142 Å². The lowest BCUT2D eigenvalue weighted by atomic mass is 10.0. The minimum Gasteiger partial charge on any atom is -0.396 e. The number of benzene rings is 1. The standard InChI is InChI=1S/C17H17N3O3S/c1-11-10-20-16(23)13(9-18-17(20)24-11)15(22)19-14(7-8-21)12-5-3-2-4-6-12/h2-6,9-10,14,21H,7-8H2,1H3,(H,19,22). The molecule has 1 unspecified atom stereocenters. The number of thiazole rings is 1. The summed E-state index contributed by atoms with van der Waals surface area (Å²) in [6.07, 6.45) is 3.35. The zero-order valence-corrected chi connectivity index (χ0v) is 13.9. The third-order valence-corrected chi connectivity index (χ3v) is 4.60. The Hall–Kier alpha value is -2.51. The molecule has 2 N–H and O–H groups in total. The van der Waals surface area contributed by atoms with E-state index >= 15 is 0 Å². The van der Waals surface area contributed by atoms with Crippen molar-refractivity contribution in [3.8, 4) is 0 Å². The van der Waals surface area contributed by atoms with Crippen molar-refractivity contribution in [3.05, 3.63) is 69.1 Å². The second-order valence-electron chi connectivity index (χ2n) is 5.42. The number of aliphatic hydroxyl groups excluding tert-OH is 1. The Morgan fingerprint density at radius 1 is 1.38 bits per heavy atom. The van der Waals surface area contributed by atoms with Gasteiger partial charge in [0.25, 0.3) is 11.5 Å². The third-order valence-electron chi connectivity index (χ3n) is 3.69. The Bertz CT molecular complexity index is 918. The predicted octanol–water partition coefficient (Wildman–Crippen LogP) is 1.92. The second kappa shape index (κ2) is 6.94. The van der Waals surface area contributed by atoms with E-state index in [1.165, 1.54) is 21.9 Å². The van der Waals surface area contributed by atoms with Crippen LogP contribution in [0.4, 0.5) is 0 Å². The second-order valence-corrected chi connectivity index (χ2v) is 6.63. The van der Waals surface area contributed by atoms with Gasteiger partial charge in [-0.1, -0.05) is 30.3 Å². The molecule has 0 aliphatic rings. The van der Waals surface area contributed by atoms with Gasteiger partial charge in [0.1, 0.15) is 5.56 Å². The fraction of sp³-hybridized carbons (Fsp3) is 0.235. The quantitative estimate of drug-likeness (QED) is 0.741. The van der Waals surface area contributed by atoms with Crippen LogP contribution < -0.4 is 10.9 Å². The molecule has 0 aliphatic carbocycles. The summed E-state index contributed by atoms with van der Waals surface area (Å²) in [5, 5.41) is 12.1. The van der Waals surface area contributed by atoms with Crippen LogP contribution in [-0.2, 0) is 0 Å². The van der Waals surface area contributed by atoms with E-state index in [1.54, 1.807) is 6.20 Å². The first-order valence-corrected chi connectivity index (χ1v) is 8.36. The Morgan fingerprint density at radius 2 is 2.12 bits per heavy atom. The molecule has 0 saturated carbocycles. The molecule has 3 aromatic rings. The molecule has 7 heteroatoms. The van der Waals surface area contributed by atoms with Crippen LogP contribution in [0.2, 0.25) is 0 Å². The van der Waals surface area contributed by atoms with Crippen LogP contribution in [0.25, 0.3) is 4.96 Å². The van der Waals surface area contributed by atoms with Gasteiger partial charge in [0.2, 0.25) is 0 Å². The number of aromatic nitrogens is 2. The number of nitrogens with one attached hydrogen (secondary N) is 1. The Balaban J connectivity index is 1.90. The van der Waals surface area contributed by atoms with E-state index in [1.807, 2.05) is 37.3 Å². The molecule has 24 heavy (non-hydrogen) atoms. The number of aryl methyl sites for hydroxylation is 1. The first-order valence-electron chi connectivity index (χ1n) is 7.54. The van der Waals surface area contributed by atoms with Gasteiger partial charge in [-0.15, -0.1) is 11.3 Å². The molecule has 0 fully saturated rings. The molecule has 0 radical (unpaired) electrons. The molecule has 2 aromatic heterocycles. The lowest BCUT2D eigenvalue weighted by Gasteiger charge is -2.18. The number of nitrogens with zero attached hydrogens (tertiary/aromatic N) is 2. The zero-order valence-electron chi connectivity index (χ0n) is 13.1. The molecular weight excluding hydrogens is 326 g/mol. The summed E-state index contributed by atoms with van der Waals surface area (Å²) >= 11 is 1.39. The first kappa shape index (κ1) is 16.4. The van der Waals surface area contributed by atoms with Crippen molar-refractivity contribution in [2.75, 3.05) is 6.61 Å². The van der Waals surface area contributed by atoms with Gasteiger partial charge >= 0.3 is 0 Å². The topological polar surface area (TPSA) is 83.7 Å². The molecule has 0 saturated heterocycles. The third kappa shape index (κ3) is 3.22. The molecule has 1 aromatic carbocycles. The van der Waals surface area contributed by atoms with Crippen LogP contribution in [0, 0.1) is 6.92 Å². The van der Waals surface area contributed by atoms with Crippen molar-refractivity contribution in [2.45, 2.75) is 19.4 Å². The van der Waals surface area contributed by atoms with E-state index in [-0.39, 0.29) is 18.2 Å². The highest BCUT2D eigenvalue weighted by Gasteiger charge is 2.19. The van der Waals surface area contributed by atoms with Gasteiger partial charge in [0, 0.05) is 23.9 Å². The fourth-order valence-corrected chi connectivity index (χ4v) is 3.31. The average molecular weight is 343 g/mol. The minimum atomic E-state index is -0.493. The van der Waals surface area contributed by atoms with E-state index in [4.69, 9.17) is 0 Å². The van der Waals surface area contributed by atoms with Crippen molar-refractivity contribution < 1.29 is 9.90 Å². The van der Waals surface area contributed by atoms with Crippen LogP contribution >= 0.6 is 11.3 Å². The molecule has 0 aliphatic heterocycles. The molecule has 1 atom stereocenters. The molecule has 124 valence electrons. The smallest absolute Gasteiger partial charge is 0.271 e. The van der Waals surface area contributed by atoms with E-state index < -0.39 is 11.5 Å². The van der Waals surface area contributed by atoms with Gasteiger partial charge in [-0.05, 0) is 18.9 Å². The number of rotatable bonds is 5. The summed E-state index contributed by atoms with van der Waals surface area (Å²) in [4.78, 5) is 30.7. The zero-order chi connectivity index (χ0) is 17.1. The number of fused-ring (bicyclic) bond motifs is 1. The van der Waals surface area contributed by atoms with E-state index in [2.05, 4.69) is 10.3 Å². The SMILES string of the molecule is Cc1cn2c(=O)c(C(=O)NC(CCO)c3ccccc3)cnc2s1. The number of amides is 1. The predicted molar refractivity (Wildman–Crippen MR) is 92.4 cm³/mol. The molecular formula is C17H17N3O3S. The average Bonchev–Trinajstić information content (AvgIpc) is 2.97. The van der Waals surface area contributed by atoms with Gasteiger partial charge in [-0.25, -0.2) is 4.98 Å². The summed E-state index contributed by atoms with van der Waals surface area (Å²) < 4.78 is 1.39. The number of carbonyl (C=O) groups excluding carboxylic acids is 1. The highest BCUT2D eigenvalue weighted by molar-refractivity contribution is 7.16. The van der Waals surface area contributed by atoms with Gasteiger partial charge in [-0.3, -0.25) is 14.0 Å². The minimum absolute atomic E-state index is 0.0100. The van der Waals surface area contributed by atoms with Crippen molar-refractivity contribution in [3.63, 3.8) is 0 Å². The van der Waals surface area contributed by atoms with Crippen LogP contribution in [-0.4, -0.2) is 27.0 Å². The van der Waals surface area contributed by atoms with Gasteiger partial charge in [-0.2, -0.15) is 0 Å². The highest BCUT2D eigenvalue weighted by Crippen LogP contribution is 2.17. The van der Waals surface area contributed by atoms with Gasteiger partial charge in [0.15, 0.2) is 4.96 Å². The normalized spacial score (nSPS) is 12.2. The number of carbonyl (C=O) groups is 1. The van der Waals surface area contributed by atoms with E-state index in [0.29, 0.717) is 11.4 Å². The lowest BCUT2D eigenvalue weighted by molar-refractivity contribution is 0.0928. The summed E-state index contributed by atoms with van der Waals surface area (Å²) in [6, 6.07) is 8.98. The van der Waals surface area contributed by atoms with Crippen LogP contribution in [0.5, 0.6) is 0 Å². The molecule has 0 spiro atoms. The van der Waals surface area contributed by atoms with Crippen molar-refractivity contribution in [2.24, 2.45) is 0 Å². The maximum atomic E-state index is 12.5. The number of hydrogen-bond acceptors (Lipinski definition) is 5. The summed E-state index contributed by atoms with van der Waals surface area (Å²) in [5.41, 5.74) is 0.474. The maximum absolute atomic E-state index is 12.5. The Kier molecular flexibility index (Phi) is 4.73. The van der Waals surface area contributed by atoms with Crippen LogP contribution in [0.15, 0.2) is 47.5 Å². The molecule has 0 bridgehead atoms. The van der Waals surface area contributed by atoms with Crippen LogP contribution in [0.3, 0.4) is 0 Å². The number of hydrogen-bond donors (Lipinski definition) is 2. The fourth-order valence-electron chi connectivity index (χ4n) is 2.52. The van der Waals surface area contributed by atoms with Gasteiger partial charge < -0.3 is 10.4 Å². The summed E-state index contributed by atoms with van der Waals surface area (Å²) in [6.45, 7) is 1.81. The van der Waals surface area contributed by atoms with Crippen molar-refractivity contribution >= 4 is 22.2 Å². The van der Waals surface area contributed by atoms with E-state index in [9.17, 15) is 14.7 Å². The maximum Gasteiger partial charge on any atom is 0.271 e. The largest absolute Gasteiger partial charge is 0.396 e. The monoisotopic (exact) mass is 343 g/mol. The van der Waals surface area contributed by atoms with Gasteiger partial charge in [0.05, 0.1) is 6.04 Å². The molecule has 3 rings (SSSR count). The van der Waals surface area contributed by atoms with Crippen molar-refractivity contribution in [1.82, 2.24) is 14.7 Å². The summed E-state index contributed by atoms with van der Waals surface area (Å²) in [5.74, 6) is -0.493. The molecule has 2 heterocycles. The van der Waals surface area contributed by atoms with E-state index in [0.717, 1.165) is 10.4 Å². The first-order chi connectivity index (χ1) is 11.6. The Morgan fingerprint density at radius 3 is 2.83 bits per heavy atom. The molecule has 1 amide bonds. The van der Waals surface area contributed by atoms with Crippen molar-refractivity contribution in [1.29, 1.82) is 0 Å².